The van der Waals surface area contributed by atoms with Crippen molar-refractivity contribution in [1.29, 1.82) is 0 Å². The van der Waals surface area contributed by atoms with E-state index in [1.807, 2.05) is 43.3 Å². The number of anilines is 3. The number of hydrogen-bond acceptors (Lipinski definition) is 4. The monoisotopic (exact) mass is 350 g/mol. The molecule has 0 aliphatic heterocycles. The fourth-order valence-electron chi connectivity index (χ4n) is 2.89. The Hall–Kier alpha value is -2.95. The van der Waals surface area contributed by atoms with E-state index < -0.39 is 0 Å². The van der Waals surface area contributed by atoms with Crippen molar-refractivity contribution in [1.82, 2.24) is 9.97 Å². The van der Waals surface area contributed by atoms with Gasteiger partial charge in [0.15, 0.2) is 0 Å². The van der Waals surface area contributed by atoms with Gasteiger partial charge < -0.3 is 10.2 Å². The first-order valence-corrected chi connectivity index (χ1v) is 8.83. The Balaban J connectivity index is 1.74. The molecule has 0 bridgehead atoms. The maximum Gasteiger partial charge on any atom is 0.138 e. The molecule has 2 aromatic carbocycles. The lowest BCUT2D eigenvalue weighted by molar-refractivity contribution is 0.610. The molecule has 0 aliphatic rings. The first-order chi connectivity index (χ1) is 12.7. The molecule has 1 N–H and O–H groups in total. The molecule has 1 heterocycles. The highest BCUT2D eigenvalue weighted by molar-refractivity contribution is 5.62. The minimum atomic E-state index is -0.171. The van der Waals surface area contributed by atoms with Gasteiger partial charge in [-0.1, -0.05) is 36.4 Å². The van der Waals surface area contributed by atoms with Crippen LogP contribution in [0, 0.1) is 12.7 Å². The smallest absolute Gasteiger partial charge is 0.138 e. The summed E-state index contributed by atoms with van der Waals surface area (Å²) in [6.45, 7) is 5.38. The molecule has 3 rings (SSSR count). The molecule has 0 saturated heterocycles. The summed E-state index contributed by atoms with van der Waals surface area (Å²) in [5.41, 5.74) is 1.79. The Morgan fingerprint density at radius 3 is 2.46 bits per heavy atom. The minimum Gasteiger partial charge on any atom is -0.370 e. The first-order valence-electron chi connectivity index (χ1n) is 8.83. The van der Waals surface area contributed by atoms with Gasteiger partial charge in [-0.3, -0.25) is 0 Å². The molecule has 134 valence electrons. The molecule has 26 heavy (non-hydrogen) atoms. The van der Waals surface area contributed by atoms with Crippen LogP contribution in [0.25, 0.3) is 0 Å². The van der Waals surface area contributed by atoms with Crippen molar-refractivity contribution in [3.8, 4) is 0 Å². The summed E-state index contributed by atoms with van der Waals surface area (Å²) in [6.07, 6.45) is 0.598. The summed E-state index contributed by atoms with van der Waals surface area (Å²) in [6, 6.07) is 18.9. The van der Waals surface area contributed by atoms with Gasteiger partial charge >= 0.3 is 0 Å². The maximum atomic E-state index is 13.7. The summed E-state index contributed by atoms with van der Waals surface area (Å²) in [7, 11) is 0. The van der Waals surface area contributed by atoms with Crippen molar-refractivity contribution in [2.45, 2.75) is 20.3 Å². The lowest BCUT2D eigenvalue weighted by atomic mass is 10.1. The van der Waals surface area contributed by atoms with Gasteiger partial charge in [0.05, 0.1) is 0 Å². The van der Waals surface area contributed by atoms with Crippen LogP contribution in [0.2, 0.25) is 0 Å². The van der Waals surface area contributed by atoms with E-state index in [4.69, 9.17) is 0 Å². The van der Waals surface area contributed by atoms with E-state index in [1.165, 1.54) is 6.07 Å². The van der Waals surface area contributed by atoms with Gasteiger partial charge in [0.25, 0.3) is 0 Å². The Kier molecular flexibility index (Phi) is 5.79. The van der Waals surface area contributed by atoms with E-state index in [0.717, 1.165) is 23.9 Å². The molecular formula is C21H23FN4. The van der Waals surface area contributed by atoms with Gasteiger partial charge in [0.1, 0.15) is 23.3 Å². The Labute approximate surface area is 153 Å². The Morgan fingerprint density at radius 2 is 1.73 bits per heavy atom. The van der Waals surface area contributed by atoms with Crippen LogP contribution in [0.4, 0.5) is 21.7 Å². The topological polar surface area (TPSA) is 41.0 Å². The first kappa shape index (κ1) is 17.9. The molecule has 0 atom stereocenters. The SMILES string of the molecule is CCN(c1ccccc1)c1cc(NCCc2ccccc2F)nc(C)n1. The largest absolute Gasteiger partial charge is 0.370 e. The van der Waals surface area contributed by atoms with Crippen molar-refractivity contribution < 1.29 is 4.39 Å². The predicted molar refractivity (Wildman–Crippen MR) is 104 cm³/mol. The molecule has 3 aromatic rings. The number of aromatic nitrogens is 2. The number of hydrogen-bond donors (Lipinski definition) is 1. The second kappa shape index (κ2) is 8.43. The van der Waals surface area contributed by atoms with E-state index >= 15 is 0 Å². The summed E-state index contributed by atoms with van der Waals surface area (Å²) in [5.74, 6) is 2.12. The third kappa shape index (κ3) is 4.36. The summed E-state index contributed by atoms with van der Waals surface area (Å²) >= 11 is 0. The van der Waals surface area contributed by atoms with E-state index in [-0.39, 0.29) is 5.82 Å². The van der Waals surface area contributed by atoms with Gasteiger partial charge in [-0.15, -0.1) is 0 Å². The highest BCUT2D eigenvalue weighted by atomic mass is 19.1. The molecule has 0 spiro atoms. The molecule has 0 amide bonds. The van der Waals surface area contributed by atoms with Crippen LogP contribution < -0.4 is 10.2 Å². The molecule has 0 aliphatic carbocycles. The summed E-state index contributed by atoms with van der Waals surface area (Å²) in [4.78, 5) is 11.2. The van der Waals surface area contributed by atoms with Crippen LogP contribution in [-0.2, 0) is 6.42 Å². The maximum absolute atomic E-state index is 13.7. The van der Waals surface area contributed by atoms with Crippen LogP contribution in [0.1, 0.15) is 18.3 Å². The fraction of sp³-hybridized carbons (Fsp3) is 0.238. The average Bonchev–Trinajstić information content (AvgIpc) is 2.64. The van der Waals surface area contributed by atoms with Gasteiger partial charge in [-0.2, -0.15) is 0 Å². The van der Waals surface area contributed by atoms with Crippen molar-refractivity contribution in [2.75, 3.05) is 23.3 Å². The minimum absolute atomic E-state index is 0.171. The third-order valence-electron chi connectivity index (χ3n) is 4.14. The zero-order valence-corrected chi connectivity index (χ0v) is 15.1. The van der Waals surface area contributed by atoms with Crippen LogP contribution in [-0.4, -0.2) is 23.1 Å². The number of halogens is 1. The lowest BCUT2D eigenvalue weighted by Gasteiger charge is -2.23. The number of nitrogens with zero attached hydrogens (tertiary/aromatic N) is 3. The predicted octanol–water partition coefficient (Wildman–Crippen LogP) is 4.74. The molecular weight excluding hydrogens is 327 g/mol. The quantitative estimate of drug-likeness (QED) is 0.668. The summed E-state index contributed by atoms with van der Waals surface area (Å²) < 4.78 is 13.7. The highest BCUT2D eigenvalue weighted by Crippen LogP contribution is 2.24. The molecule has 1 aromatic heterocycles. The third-order valence-corrected chi connectivity index (χ3v) is 4.14. The van der Waals surface area contributed by atoms with E-state index in [9.17, 15) is 4.39 Å². The van der Waals surface area contributed by atoms with Crippen molar-refractivity contribution >= 4 is 17.3 Å². The zero-order valence-electron chi connectivity index (χ0n) is 15.1. The number of nitrogens with one attached hydrogen (secondary N) is 1. The standard InChI is InChI=1S/C21H23FN4/c1-3-26(18-10-5-4-6-11-18)21-15-20(24-16(2)25-21)23-14-13-17-9-7-8-12-19(17)22/h4-12,15H,3,13-14H2,1-2H3,(H,23,24,25). The van der Waals surface area contributed by atoms with Gasteiger partial charge in [-0.05, 0) is 44.0 Å². The second-order valence-electron chi connectivity index (χ2n) is 6.01. The van der Waals surface area contributed by atoms with Crippen molar-refractivity contribution in [3.05, 3.63) is 77.9 Å². The molecule has 5 heteroatoms. The number of aryl methyl sites for hydroxylation is 1. The summed E-state index contributed by atoms with van der Waals surface area (Å²) in [5, 5.41) is 3.29. The van der Waals surface area contributed by atoms with E-state index in [2.05, 4.69) is 39.2 Å². The zero-order chi connectivity index (χ0) is 18.4. The molecule has 0 saturated carbocycles. The van der Waals surface area contributed by atoms with Gasteiger partial charge in [0.2, 0.25) is 0 Å². The molecule has 0 unspecified atom stereocenters. The van der Waals surface area contributed by atoms with Crippen molar-refractivity contribution in [2.24, 2.45) is 0 Å². The number of para-hydroxylation sites is 1. The molecule has 0 fully saturated rings. The lowest BCUT2D eigenvalue weighted by Crippen LogP contribution is -2.18. The normalized spacial score (nSPS) is 10.6. The van der Waals surface area contributed by atoms with Crippen LogP contribution >= 0.6 is 0 Å². The fourth-order valence-corrected chi connectivity index (χ4v) is 2.89. The number of benzene rings is 2. The molecule has 4 nitrogen and oxygen atoms in total. The second-order valence-corrected chi connectivity index (χ2v) is 6.01. The van der Waals surface area contributed by atoms with Crippen LogP contribution in [0.3, 0.4) is 0 Å². The highest BCUT2D eigenvalue weighted by Gasteiger charge is 2.11. The van der Waals surface area contributed by atoms with Gasteiger partial charge in [-0.25, -0.2) is 14.4 Å². The Bertz CT molecular complexity index is 852. The number of rotatable bonds is 7. The average molecular weight is 350 g/mol. The van der Waals surface area contributed by atoms with E-state index in [0.29, 0.717) is 24.4 Å². The van der Waals surface area contributed by atoms with Gasteiger partial charge in [0, 0.05) is 24.8 Å². The van der Waals surface area contributed by atoms with Crippen LogP contribution in [0.15, 0.2) is 60.7 Å². The van der Waals surface area contributed by atoms with Crippen molar-refractivity contribution in [3.63, 3.8) is 0 Å². The Morgan fingerprint density at radius 1 is 1.00 bits per heavy atom. The molecule has 0 radical (unpaired) electrons. The van der Waals surface area contributed by atoms with E-state index in [1.54, 1.807) is 6.07 Å². The van der Waals surface area contributed by atoms with Crippen LogP contribution in [0.5, 0.6) is 0 Å².